The number of nitrogens with two attached hydrogens (primary N) is 1. The molecule has 0 saturated carbocycles. The van der Waals surface area contributed by atoms with Crippen molar-refractivity contribution in [2.24, 2.45) is 11.7 Å². The van der Waals surface area contributed by atoms with E-state index in [1.807, 2.05) is 24.7 Å². The van der Waals surface area contributed by atoms with E-state index in [0.717, 1.165) is 15.7 Å². The van der Waals surface area contributed by atoms with Crippen molar-refractivity contribution in [3.05, 3.63) is 41.3 Å². The molecule has 96 valence electrons. The van der Waals surface area contributed by atoms with Crippen LogP contribution in [0, 0.1) is 5.92 Å². The summed E-state index contributed by atoms with van der Waals surface area (Å²) in [5.41, 5.74) is 8.15. The number of hydrogen-bond donors (Lipinski definition) is 1. The average molecular weight is 308 g/mol. The molecule has 0 aliphatic carbocycles. The maximum atomic E-state index is 5.88. The Bertz CT molecular complexity index is 519. The molecule has 0 bridgehead atoms. The van der Waals surface area contributed by atoms with Gasteiger partial charge in [-0.05, 0) is 18.1 Å². The monoisotopic (exact) mass is 307 g/mol. The molecule has 1 heterocycles. The summed E-state index contributed by atoms with van der Waals surface area (Å²) >= 11 is 3.50. The first-order chi connectivity index (χ1) is 8.63. The van der Waals surface area contributed by atoms with E-state index >= 15 is 0 Å². The van der Waals surface area contributed by atoms with Gasteiger partial charge in [-0.15, -0.1) is 0 Å². The molecule has 0 saturated heterocycles. The molecule has 2 rings (SSSR count). The van der Waals surface area contributed by atoms with Gasteiger partial charge in [0.1, 0.15) is 0 Å². The Morgan fingerprint density at radius 1 is 1.39 bits per heavy atom. The lowest BCUT2D eigenvalue weighted by Crippen LogP contribution is -2.24. The number of nitrogens with zero attached hydrogens (tertiary/aromatic N) is 2. The predicted octanol–water partition coefficient (Wildman–Crippen LogP) is 3.47. The zero-order valence-electron chi connectivity index (χ0n) is 10.7. The fraction of sp³-hybridized carbons (Fsp3) is 0.357. The molecule has 1 aromatic heterocycles. The van der Waals surface area contributed by atoms with Crippen molar-refractivity contribution in [2.75, 3.05) is 6.54 Å². The van der Waals surface area contributed by atoms with E-state index in [1.54, 1.807) is 0 Å². The lowest BCUT2D eigenvalue weighted by atomic mass is 10.0. The second-order valence-electron chi connectivity index (χ2n) is 4.74. The number of hydrogen-bond acceptors (Lipinski definition) is 2. The van der Waals surface area contributed by atoms with Gasteiger partial charge in [0, 0.05) is 22.6 Å². The van der Waals surface area contributed by atoms with Crippen LogP contribution in [0.5, 0.6) is 0 Å². The molecule has 18 heavy (non-hydrogen) atoms. The van der Waals surface area contributed by atoms with Crippen molar-refractivity contribution in [1.29, 1.82) is 0 Å². The van der Waals surface area contributed by atoms with Crippen LogP contribution in [0.3, 0.4) is 0 Å². The molecule has 2 N–H and O–H groups in total. The fourth-order valence-electron chi connectivity index (χ4n) is 2.15. The number of rotatable bonds is 4. The molecule has 1 aromatic carbocycles. The minimum atomic E-state index is 0.279. The fourth-order valence-corrected chi connectivity index (χ4v) is 2.55. The van der Waals surface area contributed by atoms with E-state index in [-0.39, 0.29) is 6.04 Å². The summed E-state index contributed by atoms with van der Waals surface area (Å²) in [6, 6.07) is 8.52. The molecule has 1 atom stereocenters. The standard InChI is InChI=1S/C14H18BrN3/c1-10(2)13(7-16)18-9-17-8-14(18)11-4-3-5-12(15)6-11/h3-6,8-10,13H,7,16H2,1-2H3. The number of aromatic nitrogens is 2. The topological polar surface area (TPSA) is 43.8 Å². The molecule has 0 aliphatic rings. The van der Waals surface area contributed by atoms with Gasteiger partial charge in [-0.1, -0.05) is 41.9 Å². The van der Waals surface area contributed by atoms with Gasteiger partial charge < -0.3 is 10.3 Å². The molecule has 0 amide bonds. The Labute approximate surface area is 116 Å². The zero-order valence-corrected chi connectivity index (χ0v) is 12.3. The van der Waals surface area contributed by atoms with E-state index in [1.165, 1.54) is 0 Å². The summed E-state index contributed by atoms with van der Waals surface area (Å²) in [4.78, 5) is 4.27. The van der Waals surface area contributed by atoms with Gasteiger partial charge in [0.05, 0.1) is 18.2 Å². The minimum absolute atomic E-state index is 0.279. The molecule has 0 radical (unpaired) electrons. The van der Waals surface area contributed by atoms with Gasteiger partial charge in [-0.2, -0.15) is 0 Å². The third kappa shape index (κ3) is 2.65. The molecule has 0 spiro atoms. The second-order valence-corrected chi connectivity index (χ2v) is 5.66. The van der Waals surface area contributed by atoms with Crippen molar-refractivity contribution in [3.63, 3.8) is 0 Å². The highest BCUT2D eigenvalue weighted by Crippen LogP contribution is 2.27. The first-order valence-corrected chi connectivity index (χ1v) is 6.90. The largest absolute Gasteiger partial charge is 0.328 e. The third-order valence-corrected chi connectivity index (χ3v) is 3.65. The quantitative estimate of drug-likeness (QED) is 0.940. The number of benzene rings is 1. The van der Waals surface area contributed by atoms with Crippen molar-refractivity contribution in [3.8, 4) is 11.3 Å². The number of halogens is 1. The molecule has 0 aliphatic heterocycles. The summed E-state index contributed by atoms with van der Waals surface area (Å²) in [7, 11) is 0. The highest BCUT2D eigenvalue weighted by atomic mass is 79.9. The normalized spacial score (nSPS) is 12.9. The molecule has 2 aromatic rings. The Hall–Kier alpha value is -1.13. The summed E-state index contributed by atoms with van der Waals surface area (Å²) in [6.07, 6.45) is 3.76. The summed E-state index contributed by atoms with van der Waals surface area (Å²) in [5.74, 6) is 0.482. The molecule has 0 fully saturated rings. The molecular weight excluding hydrogens is 290 g/mol. The Morgan fingerprint density at radius 3 is 2.78 bits per heavy atom. The summed E-state index contributed by atoms with van der Waals surface area (Å²) in [6.45, 7) is 4.99. The Morgan fingerprint density at radius 2 is 2.17 bits per heavy atom. The van der Waals surface area contributed by atoms with E-state index in [4.69, 9.17) is 5.73 Å². The highest BCUT2D eigenvalue weighted by molar-refractivity contribution is 9.10. The third-order valence-electron chi connectivity index (χ3n) is 3.15. The van der Waals surface area contributed by atoms with Crippen LogP contribution in [0.25, 0.3) is 11.3 Å². The molecule has 1 unspecified atom stereocenters. The van der Waals surface area contributed by atoms with Crippen molar-refractivity contribution >= 4 is 15.9 Å². The van der Waals surface area contributed by atoms with Gasteiger partial charge in [0.2, 0.25) is 0 Å². The molecular formula is C14H18BrN3. The van der Waals surface area contributed by atoms with Crippen LogP contribution < -0.4 is 5.73 Å². The van der Waals surface area contributed by atoms with Crippen molar-refractivity contribution in [1.82, 2.24) is 9.55 Å². The summed E-state index contributed by atoms with van der Waals surface area (Å²) < 4.78 is 3.24. The SMILES string of the molecule is CC(C)C(CN)n1cncc1-c1cccc(Br)c1. The summed E-state index contributed by atoms with van der Waals surface area (Å²) in [5, 5.41) is 0. The van der Waals surface area contributed by atoms with Crippen LogP contribution in [-0.4, -0.2) is 16.1 Å². The van der Waals surface area contributed by atoms with Crippen LogP contribution in [-0.2, 0) is 0 Å². The van der Waals surface area contributed by atoms with Gasteiger partial charge >= 0.3 is 0 Å². The highest BCUT2D eigenvalue weighted by Gasteiger charge is 2.17. The first kappa shape index (κ1) is 13.3. The van der Waals surface area contributed by atoms with Gasteiger partial charge in [-0.3, -0.25) is 0 Å². The van der Waals surface area contributed by atoms with E-state index in [0.29, 0.717) is 12.5 Å². The van der Waals surface area contributed by atoms with Gasteiger partial charge in [-0.25, -0.2) is 4.98 Å². The zero-order chi connectivity index (χ0) is 13.1. The predicted molar refractivity (Wildman–Crippen MR) is 78.3 cm³/mol. The van der Waals surface area contributed by atoms with Gasteiger partial charge in [0.15, 0.2) is 0 Å². The van der Waals surface area contributed by atoms with Crippen LogP contribution in [0.15, 0.2) is 41.3 Å². The van der Waals surface area contributed by atoms with E-state index in [9.17, 15) is 0 Å². The second kappa shape index (κ2) is 5.67. The molecule has 3 nitrogen and oxygen atoms in total. The Balaban J connectivity index is 2.44. The maximum Gasteiger partial charge on any atom is 0.0954 e. The lowest BCUT2D eigenvalue weighted by Gasteiger charge is -2.23. The first-order valence-electron chi connectivity index (χ1n) is 6.11. The smallest absolute Gasteiger partial charge is 0.0954 e. The van der Waals surface area contributed by atoms with Crippen LogP contribution in [0.1, 0.15) is 19.9 Å². The molecule has 4 heteroatoms. The van der Waals surface area contributed by atoms with E-state index in [2.05, 4.69) is 51.5 Å². The van der Waals surface area contributed by atoms with Crippen LogP contribution in [0.2, 0.25) is 0 Å². The minimum Gasteiger partial charge on any atom is -0.328 e. The number of imidazole rings is 1. The Kier molecular flexibility index (Phi) is 4.19. The van der Waals surface area contributed by atoms with Crippen molar-refractivity contribution in [2.45, 2.75) is 19.9 Å². The maximum absolute atomic E-state index is 5.88. The van der Waals surface area contributed by atoms with Gasteiger partial charge in [0.25, 0.3) is 0 Å². The van der Waals surface area contributed by atoms with Crippen molar-refractivity contribution < 1.29 is 0 Å². The lowest BCUT2D eigenvalue weighted by molar-refractivity contribution is 0.387. The van der Waals surface area contributed by atoms with Crippen LogP contribution >= 0.6 is 15.9 Å². The van der Waals surface area contributed by atoms with E-state index < -0.39 is 0 Å². The average Bonchev–Trinajstić information content (AvgIpc) is 2.78. The van der Waals surface area contributed by atoms with Crippen LogP contribution in [0.4, 0.5) is 0 Å².